The normalized spacial score (nSPS) is 13.5. The molecule has 0 unspecified atom stereocenters. The number of anilines is 3. The van der Waals surface area contributed by atoms with Gasteiger partial charge in [-0.3, -0.25) is 14.3 Å². The van der Waals surface area contributed by atoms with Crippen molar-refractivity contribution in [2.45, 2.75) is 16.2 Å². The molecule has 0 aliphatic carbocycles. The smallest absolute Gasteiger partial charge is 0.262 e. The molecule has 1 aliphatic heterocycles. The van der Waals surface area contributed by atoms with Gasteiger partial charge in [0.1, 0.15) is 5.82 Å². The minimum atomic E-state index is -4.07. The van der Waals surface area contributed by atoms with Crippen LogP contribution in [-0.4, -0.2) is 26.0 Å². The predicted molar refractivity (Wildman–Crippen MR) is 122 cm³/mol. The second-order valence-corrected chi connectivity index (χ2v) is 9.74. The summed E-state index contributed by atoms with van der Waals surface area (Å²) in [7, 11) is -4.07. The zero-order valence-electron chi connectivity index (χ0n) is 16.6. The lowest BCUT2D eigenvalue weighted by Crippen LogP contribution is -2.16. The van der Waals surface area contributed by atoms with Gasteiger partial charge in [0.05, 0.1) is 16.3 Å². The maximum atomic E-state index is 13.8. The molecule has 3 aromatic carbocycles. The summed E-state index contributed by atoms with van der Waals surface area (Å²) in [5, 5.41) is 5.44. The van der Waals surface area contributed by atoms with E-state index < -0.39 is 21.7 Å². The third-order valence-electron chi connectivity index (χ3n) is 4.62. The van der Waals surface area contributed by atoms with Gasteiger partial charge in [0, 0.05) is 28.3 Å². The highest BCUT2D eigenvalue weighted by Gasteiger charge is 2.18. The van der Waals surface area contributed by atoms with Gasteiger partial charge in [-0.15, -0.1) is 11.8 Å². The standard InChI is InChI=1S/C22H18FN3O4S2/c23-17-6-1-2-7-18(17)26-32(29,30)16-5-3-4-15(13-16)24-22(28)14-8-9-20-19(12-14)25-21(27)10-11-31-20/h1-9,12-13,26H,10-11H2,(H,24,28)(H,25,27). The van der Waals surface area contributed by atoms with Gasteiger partial charge < -0.3 is 10.6 Å². The lowest BCUT2D eigenvalue weighted by atomic mass is 10.1. The highest BCUT2D eigenvalue weighted by molar-refractivity contribution is 7.99. The van der Waals surface area contributed by atoms with E-state index in [9.17, 15) is 22.4 Å². The summed E-state index contributed by atoms with van der Waals surface area (Å²) in [5.41, 5.74) is 0.950. The zero-order valence-corrected chi connectivity index (χ0v) is 18.2. The van der Waals surface area contributed by atoms with Crippen molar-refractivity contribution in [1.82, 2.24) is 0 Å². The van der Waals surface area contributed by atoms with Gasteiger partial charge in [0.2, 0.25) is 5.91 Å². The van der Waals surface area contributed by atoms with Crippen LogP contribution in [0, 0.1) is 5.82 Å². The fourth-order valence-corrected chi connectivity index (χ4v) is 5.10. The number of fused-ring (bicyclic) bond motifs is 1. The average Bonchev–Trinajstić information content (AvgIpc) is 2.95. The van der Waals surface area contributed by atoms with Crippen molar-refractivity contribution >= 4 is 50.7 Å². The van der Waals surface area contributed by atoms with Crippen LogP contribution < -0.4 is 15.4 Å². The molecule has 7 nitrogen and oxygen atoms in total. The van der Waals surface area contributed by atoms with E-state index in [1.54, 1.807) is 24.3 Å². The molecule has 4 rings (SSSR count). The Bertz CT molecular complexity index is 1310. The molecule has 10 heteroatoms. The number of halogens is 1. The summed E-state index contributed by atoms with van der Waals surface area (Å²) in [5.74, 6) is -0.622. The van der Waals surface area contributed by atoms with Crippen molar-refractivity contribution in [3.05, 3.63) is 78.1 Å². The topological polar surface area (TPSA) is 104 Å². The molecule has 0 bridgehead atoms. The van der Waals surface area contributed by atoms with Gasteiger partial charge >= 0.3 is 0 Å². The van der Waals surface area contributed by atoms with Crippen molar-refractivity contribution in [1.29, 1.82) is 0 Å². The maximum Gasteiger partial charge on any atom is 0.262 e. The van der Waals surface area contributed by atoms with Crippen LogP contribution in [0.4, 0.5) is 21.5 Å². The van der Waals surface area contributed by atoms with Crippen molar-refractivity contribution < 1.29 is 22.4 Å². The van der Waals surface area contributed by atoms with Gasteiger partial charge in [0.25, 0.3) is 15.9 Å². The molecule has 164 valence electrons. The molecule has 3 N–H and O–H groups in total. The van der Waals surface area contributed by atoms with E-state index in [1.165, 1.54) is 48.2 Å². The van der Waals surface area contributed by atoms with Crippen LogP contribution in [0.15, 0.2) is 76.5 Å². The number of carbonyl (C=O) groups excluding carboxylic acids is 2. The van der Waals surface area contributed by atoms with E-state index in [4.69, 9.17) is 0 Å². The fraction of sp³-hybridized carbons (Fsp3) is 0.0909. The molecular formula is C22H18FN3O4S2. The van der Waals surface area contributed by atoms with E-state index in [0.29, 0.717) is 23.4 Å². The first-order valence-corrected chi connectivity index (χ1v) is 12.0. The van der Waals surface area contributed by atoms with Crippen molar-refractivity contribution in [2.24, 2.45) is 0 Å². The molecule has 2 amide bonds. The molecule has 32 heavy (non-hydrogen) atoms. The predicted octanol–water partition coefficient (Wildman–Crippen LogP) is 4.31. The summed E-state index contributed by atoms with van der Waals surface area (Å²) in [4.78, 5) is 25.2. The SMILES string of the molecule is O=C1CCSc2ccc(C(=O)Nc3cccc(S(=O)(=O)Nc4ccccc4F)c3)cc2N1. The molecule has 0 saturated carbocycles. The Morgan fingerprint density at radius 1 is 1.03 bits per heavy atom. The molecule has 0 fully saturated rings. The summed E-state index contributed by atoms with van der Waals surface area (Å²) in [6.07, 6.45) is 0.392. The minimum absolute atomic E-state index is 0.117. The lowest BCUT2D eigenvalue weighted by molar-refractivity contribution is -0.115. The summed E-state index contributed by atoms with van der Waals surface area (Å²) < 4.78 is 41.3. The highest BCUT2D eigenvalue weighted by Crippen LogP contribution is 2.31. The van der Waals surface area contributed by atoms with Gasteiger partial charge in [-0.2, -0.15) is 0 Å². The van der Waals surface area contributed by atoms with Crippen molar-refractivity contribution in [3.8, 4) is 0 Å². The Morgan fingerprint density at radius 2 is 1.84 bits per heavy atom. The van der Waals surface area contributed by atoms with E-state index in [2.05, 4.69) is 15.4 Å². The lowest BCUT2D eigenvalue weighted by Gasteiger charge is -2.12. The minimum Gasteiger partial charge on any atom is -0.325 e. The second-order valence-electron chi connectivity index (χ2n) is 6.92. The van der Waals surface area contributed by atoms with Gasteiger partial charge in [-0.1, -0.05) is 18.2 Å². The first-order chi connectivity index (χ1) is 15.3. The van der Waals surface area contributed by atoms with Crippen molar-refractivity contribution in [3.63, 3.8) is 0 Å². The van der Waals surface area contributed by atoms with Gasteiger partial charge in [-0.05, 0) is 48.5 Å². The van der Waals surface area contributed by atoms with Crippen LogP contribution in [-0.2, 0) is 14.8 Å². The number of sulfonamides is 1. The molecule has 0 radical (unpaired) electrons. The number of thioether (sulfide) groups is 1. The number of hydrogen-bond acceptors (Lipinski definition) is 5. The van der Waals surface area contributed by atoms with E-state index in [1.807, 2.05) is 0 Å². The Hall–Kier alpha value is -3.37. The van der Waals surface area contributed by atoms with E-state index >= 15 is 0 Å². The molecular weight excluding hydrogens is 453 g/mol. The third kappa shape index (κ3) is 4.92. The summed E-state index contributed by atoms with van der Waals surface area (Å²) in [6, 6.07) is 16.1. The monoisotopic (exact) mass is 471 g/mol. The number of rotatable bonds is 5. The van der Waals surface area contributed by atoms with Crippen LogP contribution in [0.3, 0.4) is 0 Å². The molecule has 1 aliphatic rings. The maximum absolute atomic E-state index is 13.8. The van der Waals surface area contributed by atoms with Crippen LogP contribution in [0.1, 0.15) is 16.8 Å². The third-order valence-corrected chi connectivity index (χ3v) is 7.06. The zero-order chi connectivity index (χ0) is 22.7. The molecule has 0 aromatic heterocycles. The first kappa shape index (κ1) is 21.8. The van der Waals surface area contributed by atoms with Crippen LogP contribution in [0.2, 0.25) is 0 Å². The highest BCUT2D eigenvalue weighted by atomic mass is 32.2. The molecule has 0 spiro atoms. The molecule has 3 aromatic rings. The molecule has 0 atom stereocenters. The average molecular weight is 472 g/mol. The van der Waals surface area contributed by atoms with E-state index in [-0.39, 0.29) is 22.2 Å². The van der Waals surface area contributed by atoms with Crippen LogP contribution in [0.5, 0.6) is 0 Å². The number of amides is 2. The quantitative estimate of drug-likeness (QED) is 0.514. The molecule has 1 heterocycles. The number of carbonyl (C=O) groups is 2. The second kappa shape index (κ2) is 9.01. The Kier molecular flexibility index (Phi) is 6.15. The Balaban J connectivity index is 1.53. The van der Waals surface area contributed by atoms with Crippen LogP contribution in [0.25, 0.3) is 0 Å². The molecule has 0 saturated heterocycles. The van der Waals surface area contributed by atoms with Gasteiger partial charge in [0.15, 0.2) is 0 Å². The van der Waals surface area contributed by atoms with Gasteiger partial charge in [-0.25, -0.2) is 12.8 Å². The first-order valence-electron chi connectivity index (χ1n) is 9.57. The summed E-state index contributed by atoms with van der Waals surface area (Å²) in [6.45, 7) is 0. The number of para-hydroxylation sites is 1. The summed E-state index contributed by atoms with van der Waals surface area (Å²) >= 11 is 1.53. The van der Waals surface area contributed by atoms with Crippen molar-refractivity contribution in [2.75, 3.05) is 21.1 Å². The number of nitrogens with one attached hydrogen (secondary N) is 3. The van der Waals surface area contributed by atoms with E-state index in [0.717, 1.165) is 11.0 Å². The largest absolute Gasteiger partial charge is 0.325 e. The number of benzene rings is 3. The van der Waals surface area contributed by atoms with Crippen LogP contribution >= 0.6 is 11.8 Å². The Labute approximate surface area is 188 Å². The fourth-order valence-electron chi connectivity index (χ4n) is 3.05. The Morgan fingerprint density at radius 3 is 2.66 bits per heavy atom. The number of hydrogen-bond donors (Lipinski definition) is 3.